The minimum absolute atomic E-state index is 0.0485. The summed E-state index contributed by atoms with van der Waals surface area (Å²) < 4.78 is 8.96. The predicted molar refractivity (Wildman–Crippen MR) is 50.8 cm³/mol. The van der Waals surface area contributed by atoms with Crippen molar-refractivity contribution in [2.45, 2.75) is 13.5 Å². The molecule has 0 N–H and O–H groups in total. The number of carbonyl (C=O) groups is 1. The van der Waals surface area contributed by atoms with Gasteiger partial charge in [-0.15, -0.1) is 0 Å². The van der Waals surface area contributed by atoms with E-state index >= 15 is 0 Å². The molecule has 1 amide bonds. The molecule has 1 aromatic rings. The molecule has 0 aromatic carbocycles. The Morgan fingerprint density at radius 2 is 2.46 bits per heavy atom. The maximum atomic E-state index is 10.9. The smallest absolute Gasteiger partial charge is 0.225 e. The molecule has 13 heavy (non-hydrogen) atoms. The van der Waals surface area contributed by atoms with Crippen molar-refractivity contribution in [2.24, 2.45) is 0 Å². The molecule has 0 saturated carbocycles. The van der Waals surface area contributed by atoms with Gasteiger partial charge in [0.1, 0.15) is 0 Å². The number of aromatic nitrogens is 1. The lowest BCUT2D eigenvalue weighted by Gasteiger charge is -2.11. The van der Waals surface area contributed by atoms with Gasteiger partial charge in [0.15, 0.2) is 0 Å². The van der Waals surface area contributed by atoms with Crippen molar-refractivity contribution in [3.8, 4) is 5.88 Å². The zero-order valence-electron chi connectivity index (χ0n) is 7.90. The summed E-state index contributed by atoms with van der Waals surface area (Å²) in [6, 6.07) is 1.84. The minimum atomic E-state index is 0.0485. The van der Waals surface area contributed by atoms with E-state index in [-0.39, 0.29) is 5.91 Å². The van der Waals surface area contributed by atoms with Gasteiger partial charge >= 0.3 is 0 Å². The normalized spacial score (nSPS) is 9.77. The minimum Gasteiger partial charge on any atom is -0.480 e. The Balaban J connectivity index is 2.58. The van der Waals surface area contributed by atoms with E-state index in [0.29, 0.717) is 12.4 Å². The first-order chi connectivity index (χ1) is 6.13. The van der Waals surface area contributed by atoms with Crippen LogP contribution in [0.5, 0.6) is 5.88 Å². The van der Waals surface area contributed by atoms with Crippen LogP contribution >= 0.6 is 11.5 Å². The van der Waals surface area contributed by atoms with Crippen LogP contribution in [0.3, 0.4) is 0 Å². The molecule has 5 heteroatoms. The van der Waals surface area contributed by atoms with Crippen LogP contribution in [0.1, 0.15) is 11.8 Å². The third kappa shape index (κ3) is 2.69. The second kappa shape index (κ2) is 4.23. The average molecular weight is 200 g/mol. The van der Waals surface area contributed by atoms with Crippen LogP contribution in [0, 0.1) is 0 Å². The molecule has 0 fully saturated rings. The van der Waals surface area contributed by atoms with Crippen LogP contribution in [0.2, 0.25) is 0 Å². The highest BCUT2D eigenvalue weighted by Crippen LogP contribution is 2.17. The van der Waals surface area contributed by atoms with Crippen molar-refractivity contribution in [1.29, 1.82) is 0 Å². The van der Waals surface area contributed by atoms with Gasteiger partial charge < -0.3 is 9.64 Å². The number of hydrogen-bond acceptors (Lipinski definition) is 4. The highest BCUT2D eigenvalue weighted by molar-refractivity contribution is 7.05. The quantitative estimate of drug-likeness (QED) is 0.734. The summed E-state index contributed by atoms with van der Waals surface area (Å²) in [4.78, 5) is 13.6. The molecule has 0 spiro atoms. The second-order valence-corrected chi connectivity index (χ2v) is 3.60. The molecule has 0 radical (unpaired) electrons. The molecule has 1 heterocycles. The highest BCUT2D eigenvalue weighted by atomic mass is 32.1. The second-order valence-electron chi connectivity index (χ2n) is 2.71. The first kappa shape index (κ1) is 9.98. The topological polar surface area (TPSA) is 42.4 Å². The highest BCUT2D eigenvalue weighted by Gasteiger charge is 2.06. The van der Waals surface area contributed by atoms with Crippen molar-refractivity contribution >= 4 is 17.4 Å². The Morgan fingerprint density at radius 1 is 1.77 bits per heavy atom. The van der Waals surface area contributed by atoms with Crippen molar-refractivity contribution in [3.05, 3.63) is 10.9 Å². The molecule has 0 atom stereocenters. The maximum Gasteiger partial charge on any atom is 0.225 e. The van der Waals surface area contributed by atoms with E-state index < -0.39 is 0 Å². The standard InChI is InChI=1S/C8H12N2O2S/c1-6(11)10(2)5-7-4-8(12-3)9-13-7/h4H,5H2,1-3H3. The first-order valence-electron chi connectivity index (χ1n) is 3.84. The van der Waals surface area contributed by atoms with Gasteiger partial charge in [0.05, 0.1) is 13.7 Å². The monoisotopic (exact) mass is 200 g/mol. The third-order valence-corrected chi connectivity index (χ3v) is 2.43. The molecule has 72 valence electrons. The molecule has 0 aliphatic heterocycles. The van der Waals surface area contributed by atoms with Gasteiger partial charge in [-0.1, -0.05) is 0 Å². The lowest BCUT2D eigenvalue weighted by Crippen LogP contribution is -2.22. The summed E-state index contributed by atoms with van der Waals surface area (Å²) in [7, 11) is 3.34. The van der Waals surface area contributed by atoms with Gasteiger partial charge in [-0.05, 0) is 11.5 Å². The molecule has 1 aromatic heterocycles. The summed E-state index contributed by atoms with van der Waals surface area (Å²) in [5.74, 6) is 0.657. The van der Waals surface area contributed by atoms with Crippen LogP contribution in [-0.2, 0) is 11.3 Å². The number of nitrogens with zero attached hydrogens (tertiary/aromatic N) is 2. The molecular weight excluding hydrogens is 188 g/mol. The largest absolute Gasteiger partial charge is 0.480 e. The lowest BCUT2D eigenvalue weighted by molar-refractivity contribution is -0.128. The SMILES string of the molecule is COc1cc(CN(C)C(C)=O)sn1. The van der Waals surface area contributed by atoms with Crippen molar-refractivity contribution < 1.29 is 9.53 Å². The van der Waals surface area contributed by atoms with E-state index in [0.717, 1.165) is 4.88 Å². The Kier molecular flexibility index (Phi) is 3.25. The third-order valence-electron chi connectivity index (χ3n) is 1.68. The first-order valence-corrected chi connectivity index (χ1v) is 4.62. The van der Waals surface area contributed by atoms with Crippen LogP contribution in [0.4, 0.5) is 0 Å². The number of rotatable bonds is 3. The average Bonchev–Trinajstić information content (AvgIpc) is 2.52. The zero-order chi connectivity index (χ0) is 9.84. The van der Waals surface area contributed by atoms with Gasteiger partial charge in [-0.25, -0.2) is 0 Å². The summed E-state index contributed by atoms with van der Waals surface area (Å²) in [6.07, 6.45) is 0. The fraction of sp³-hybridized carbons (Fsp3) is 0.500. The summed E-state index contributed by atoms with van der Waals surface area (Å²) >= 11 is 1.35. The number of methoxy groups -OCH3 is 1. The van der Waals surface area contributed by atoms with Crippen molar-refractivity contribution in [3.63, 3.8) is 0 Å². The van der Waals surface area contributed by atoms with Crippen LogP contribution in [-0.4, -0.2) is 29.3 Å². The van der Waals surface area contributed by atoms with Crippen molar-refractivity contribution in [1.82, 2.24) is 9.27 Å². The zero-order valence-corrected chi connectivity index (χ0v) is 8.72. The van der Waals surface area contributed by atoms with Gasteiger partial charge in [-0.3, -0.25) is 4.79 Å². The molecule has 1 rings (SSSR count). The number of hydrogen-bond donors (Lipinski definition) is 0. The molecule has 0 aliphatic rings. The molecule has 0 bridgehead atoms. The van der Waals surface area contributed by atoms with Gasteiger partial charge in [0.25, 0.3) is 0 Å². The fourth-order valence-corrected chi connectivity index (χ4v) is 1.55. The maximum absolute atomic E-state index is 10.9. The van der Waals surface area contributed by atoms with Crippen LogP contribution < -0.4 is 4.74 Å². The van der Waals surface area contributed by atoms with Gasteiger partial charge in [0, 0.05) is 24.9 Å². The molecule has 0 aliphatic carbocycles. The van der Waals surface area contributed by atoms with Crippen LogP contribution in [0.15, 0.2) is 6.07 Å². The van der Waals surface area contributed by atoms with E-state index in [1.807, 2.05) is 6.07 Å². The Bertz CT molecular complexity index is 298. The Hall–Kier alpha value is -1.10. The molecular formula is C8H12N2O2S. The van der Waals surface area contributed by atoms with E-state index in [9.17, 15) is 4.79 Å². The Labute approximate surface area is 81.3 Å². The molecule has 0 unspecified atom stereocenters. The lowest BCUT2D eigenvalue weighted by atomic mass is 10.4. The number of amides is 1. The number of carbonyl (C=O) groups excluding carboxylic acids is 1. The summed E-state index contributed by atoms with van der Waals surface area (Å²) in [5, 5.41) is 0. The van der Waals surface area contributed by atoms with Crippen molar-refractivity contribution in [2.75, 3.05) is 14.2 Å². The van der Waals surface area contributed by atoms with E-state index in [1.165, 1.54) is 18.5 Å². The van der Waals surface area contributed by atoms with E-state index in [1.54, 1.807) is 19.1 Å². The molecule has 4 nitrogen and oxygen atoms in total. The van der Waals surface area contributed by atoms with E-state index in [2.05, 4.69) is 4.37 Å². The number of ether oxygens (including phenoxy) is 1. The molecule has 0 saturated heterocycles. The van der Waals surface area contributed by atoms with Crippen LogP contribution in [0.25, 0.3) is 0 Å². The summed E-state index contributed by atoms with van der Waals surface area (Å²) in [6.45, 7) is 2.13. The fourth-order valence-electron chi connectivity index (χ4n) is 0.810. The summed E-state index contributed by atoms with van der Waals surface area (Å²) in [5.41, 5.74) is 0. The predicted octanol–water partition coefficient (Wildman–Crippen LogP) is 1.13. The van der Waals surface area contributed by atoms with Gasteiger partial charge in [0.2, 0.25) is 11.8 Å². The van der Waals surface area contributed by atoms with Gasteiger partial charge in [-0.2, -0.15) is 4.37 Å². The van der Waals surface area contributed by atoms with E-state index in [4.69, 9.17) is 4.74 Å². The Morgan fingerprint density at radius 3 is 2.92 bits per heavy atom.